The normalized spacial score (nSPS) is 11.2. The van der Waals surface area contributed by atoms with Crippen LogP contribution in [0.4, 0.5) is 5.69 Å². The minimum atomic E-state index is -0.0873. The summed E-state index contributed by atoms with van der Waals surface area (Å²) in [5, 5.41) is 3.53. The van der Waals surface area contributed by atoms with E-state index in [0.29, 0.717) is 22.8 Å². The Morgan fingerprint density at radius 3 is 2.23 bits per heavy atom. The molecule has 0 amide bonds. The number of ketones is 1. The predicted octanol–water partition coefficient (Wildman–Crippen LogP) is 7.56. The van der Waals surface area contributed by atoms with Gasteiger partial charge in [-0.1, -0.05) is 63.1 Å². The summed E-state index contributed by atoms with van der Waals surface area (Å²) in [5.41, 5.74) is 4.61. The Hall–Kier alpha value is -3.77. The maximum Gasteiger partial charge on any atom is 0.210 e. The van der Waals surface area contributed by atoms with Crippen LogP contribution in [0.3, 0.4) is 0 Å². The largest absolute Gasteiger partial charge is 0.495 e. The fourth-order valence-electron chi connectivity index (χ4n) is 5.22. The van der Waals surface area contributed by atoms with Crippen molar-refractivity contribution in [3.63, 3.8) is 0 Å². The van der Waals surface area contributed by atoms with E-state index in [1.165, 1.54) is 38.8 Å². The Labute approximate surface area is 238 Å². The summed E-state index contributed by atoms with van der Waals surface area (Å²) in [4.78, 5) is 16.7. The quantitative estimate of drug-likeness (QED) is 0.117. The van der Waals surface area contributed by atoms with E-state index in [-0.39, 0.29) is 5.78 Å². The molecule has 0 aliphatic carbocycles. The van der Waals surface area contributed by atoms with Gasteiger partial charge in [-0.05, 0) is 74.8 Å². The predicted molar refractivity (Wildman–Crippen MR) is 165 cm³/mol. The van der Waals surface area contributed by atoms with Crippen molar-refractivity contribution in [2.45, 2.75) is 46.0 Å². The molecule has 0 fully saturated rings. The lowest BCUT2D eigenvalue weighted by molar-refractivity contribution is 0.103. The molecule has 0 bridgehead atoms. The third-order valence-electron chi connectivity index (χ3n) is 7.37. The standard InChI is InChI=1S/C34H43N3O3/c1-5-7-21-36(22-8-6-2)23-14-20-35-28-19-18-27(25-30(28)39-3)33(38)32-31(26-15-10-9-11-16-26)34(40-4)29-17-12-13-24-37(29)32/h9-13,15-19,24-25,35H,5-8,14,20-23H2,1-4H3. The number of anilines is 1. The first-order valence-electron chi connectivity index (χ1n) is 14.5. The van der Waals surface area contributed by atoms with Gasteiger partial charge in [0.2, 0.25) is 5.78 Å². The van der Waals surface area contributed by atoms with Crippen LogP contribution in [0.5, 0.6) is 11.5 Å². The van der Waals surface area contributed by atoms with Crippen molar-refractivity contribution in [3.05, 3.63) is 84.2 Å². The Balaban J connectivity index is 1.56. The Bertz CT molecular complexity index is 1370. The minimum Gasteiger partial charge on any atom is -0.495 e. The van der Waals surface area contributed by atoms with E-state index in [4.69, 9.17) is 9.47 Å². The Kier molecular flexibility index (Phi) is 10.6. The number of aromatic nitrogens is 1. The smallest absolute Gasteiger partial charge is 0.210 e. The lowest BCUT2D eigenvalue weighted by Crippen LogP contribution is -2.28. The van der Waals surface area contributed by atoms with Gasteiger partial charge in [0.05, 0.1) is 31.0 Å². The lowest BCUT2D eigenvalue weighted by Gasteiger charge is -2.22. The molecule has 4 aromatic rings. The first-order chi connectivity index (χ1) is 19.6. The van der Waals surface area contributed by atoms with E-state index in [1.807, 2.05) is 77.3 Å². The molecule has 40 heavy (non-hydrogen) atoms. The molecule has 0 spiro atoms. The highest BCUT2D eigenvalue weighted by molar-refractivity contribution is 6.14. The van der Waals surface area contributed by atoms with Crippen molar-refractivity contribution in [1.82, 2.24) is 9.30 Å². The number of ether oxygens (including phenoxy) is 2. The van der Waals surface area contributed by atoms with Crippen LogP contribution >= 0.6 is 0 Å². The zero-order chi connectivity index (χ0) is 28.3. The van der Waals surface area contributed by atoms with Crippen molar-refractivity contribution >= 4 is 17.0 Å². The van der Waals surface area contributed by atoms with Gasteiger partial charge in [-0.2, -0.15) is 0 Å². The van der Waals surface area contributed by atoms with Crippen LogP contribution < -0.4 is 14.8 Å². The lowest BCUT2D eigenvalue weighted by atomic mass is 9.99. The van der Waals surface area contributed by atoms with Gasteiger partial charge in [0.25, 0.3) is 0 Å². The summed E-state index contributed by atoms with van der Waals surface area (Å²) in [5.74, 6) is 1.26. The van der Waals surface area contributed by atoms with Crippen LogP contribution in [-0.4, -0.2) is 55.5 Å². The summed E-state index contributed by atoms with van der Waals surface area (Å²) < 4.78 is 13.5. The first-order valence-corrected chi connectivity index (χ1v) is 14.5. The van der Waals surface area contributed by atoms with E-state index >= 15 is 0 Å². The zero-order valence-electron chi connectivity index (χ0n) is 24.4. The van der Waals surface area contributed by atoms with Crippen molar-refractivity contribution in [1.29, 1.82) is 0 Å². The molecule has 0 saturated heterocycles. The number of carbonyl (C=O) groups excluding carboxylic acids is 1. The first kappa shape index (κ1) is 29.2. The van der Waals surface area contributed by atoms with Gasteiger partial charge in [0.1, 0.15) is 11.4 Å². The van der Waals surface area contributed by atoms with Gasteiger partial charge in [-0.15, -0.1) is 0 Å². The Morgan fingerprint density at radius 2 is 1.55 bits per heavy atom. The van der Waals surface area contributed by atoms with Gasteiger partial charge in [0, 0.05) is 18.3 Å². The monoisotopic (exact) mass is 541 g/mol. The van der Waals surface area contributed by atoms with Crippen LogP contribution in [0, 0.1) is 0 Å². The summed E-state index contributed by atoms with van der Waals surface area (Å²) in [6, 6.07) is 21.5. The van der Waals surface area contributed by atoms with Crippen LogP contribution in [0.15, 0.2) is 72.9 Å². The van der Waals surface area contributed by atoms with Gasteiger partial charge >= 0.3 is 0 Å². The number of nitrogens with zero attached hydrogens (tertiary/aromatic N) is 2. The summed E-state index contributed by atoms with van der Waals surface area (Å²) in [6.45, 7) is 8.76. The molecule has 1 N–H and O–H groups in total. The summed E-state index contributed by atoms with van der Waals surface area (Å²) >= 11 is 0. The molecule has 0 atom stereocenters. The second-order valence-corrected chi connectivity index (χ2v) is 10.2. The molecular weight excluding hydrogens is 498 g/mol. The van der Waals surface area contributed by atoms with E-state index < -0.39 is 0 Å². The molecule has 4 rings (SSSR count). The number of nitrogens with one attached hydrogen (secondary N) is 1. The highest BCUT2D eigenvalue weighted by Gasteiger charge is 2.26. The number of hydrogen-bond acceptors (Lipinski definition) is 5. The average molecular weight is 542 g/mol. The average Bonchev–Trinajstić information content (AvgIpc) is 3.34. The number of fused-ring (bicyclic) bond motifs is 1. The van der Waals surface area contributed by atoms with E-state index in [0.717, 1.165) is 41.8 Å². The fourth-order valence-corrected chi connectivity index (χ4v) is 5.22. The van der Waals surface area contributed by atoms with Crippen LogP contribution in [0.1, 0.15) is 62.0 Å². The molecular formula is C34H43N3O3. The number of methoxy groups -OCH3 is 2. The molecule has 0 saturated carbocycles. The fraction of sp³-hybridized carbons (Fsp3) is 0.382. The van der Waals surface area contributed by atoms with Crippen molar-refractivity contribution in [3.8, 4) is 22.6 Å². The Morgan fingerprint density at radius 1 is 0.850 bits per heavy atom. The third-order valence-corrected chi connectivity index (χ3v) is 7.37. The van der Waals surface area contributed by atoms with Crippen molar-refractivity contribution in [2.24, 2.45) is 0 Å². The van der Waals surface area contributed by atoms with Crippen LogP contribution in [0.25, 0.3) is 16.6 Å². The minimum absolute atomic E-state index is 0.0873. The highest BCUT2D eigenvalue weighted by Crippen LogP contribution is 2.40. The zero-order valence-corrected chi connectivity index (χ0v) is 24.4. The molecule has 0 radical (unpaired) electrons. The van der Waals surface area contributed by atoms with E-state index in [2.05, 4.69) is 24.1 Å². The molecule has 0 unspecified atom stereocenters. The van der Waals surface area contributed by atoms with Crippen LogP contribution in [0.2, 0.25) is 0 Å². The number of benzene rings is 2. The number of hydrogen-bond donors (Lipinski definition) is 1. The number of unbranched alkanes of at least 4 members (excludes halogenated alkanes) is 2. The molecule has 2 aromatic carbocycles. The molecule has 6 nitrogen and oxygen atoms in total. The highest BCUT2D eigenvalue weighted by atomic mass is 16.5. The second kappa shape index (κ2) is 14.6. The van der Waals surface area contributed by atoms with E-state index in [1.54, 1.807) is 14.2 Å². The number of pyridine rings is 1. The number of rotatable bonds is 16. The maximum absolute atomic E-state index is 14.1. The second-order valence-electron chi connectivity index (χ2n) is 10.2. The SMILES string of the molecule is CCCCN(CCCC)CCCNc1ccc(C(=O)c2c(-c3ccccc3)c(OC)c3ccccn23)cc1OC. The molecule has 0 aliphatic heterocycles. The summed E-state index contributed by atoms with van der Waals surface area (Å²) in [6.07, 6.45) is 7.90. The van der Waals surface area contributed by atoms with E-state index in [9.17, 15) is 4.79 Å². The molecule has 6 heteroatoms. The van der Waals surface area contributed by atoms with Gasteiger partial charge in [0.15, 0.2) is 5.75 Å². The third kappa shape index (κ3) is 6.68. The number of carbonyl (C=O) groups is 1. The van der Waals surface area contributed by atoms with Crippen LogP contribution in [-0.2, 0) is 0 Å². The maximum atomic E-state index is 14.1. The molecule has 2 aromatic heterocycles. The summed E-state index contributed by atoms with van der Waals surface area (Å²) in [7, 11) is 3.30. The van der Waals surface area contributed by atoms with Gasteiger partial charge < -0.3 is 24.1 Å². The molecule has 0 aliphatic rings. The van der Waals surface area contributed by atoms with Crippen molar-refractivity contribution in [2.75, 3.05) is 45.7 Å². The van der Waals surface area contributed by atoms with Gasteiger partial charge in [-0.25, -0.2) is 0 Å². The van der Waals surface area contributed by atoms with Crippen molar-refractivity contribution < 1.29 is 14.3 Å². The topological polar surface area (TPSA) is 55.2 Å². The molecule has 212 valence electrons. The van der Waals surface area contributed by atoms with Gasteiger partial charge in [-0.3, -0.25) is 4.79 Å². The molecule has 2 heterocycles.